The first-order valence-corrected chi connectivity index (χ1v) is 12.0. The van der Waals surface area contributed by atoms with Gasteiger partial charge in [-0.2, -0.15) is 17.5 Å². The smallest absolute Gasteiger partial charge is 0.417 e. The molecule has 1 fully saturated rings. The van der Waals surface area contributed by atoms with Crippen LogP contribution in [0.5, 0.6) is 0 Å². The monoisotopic (exact) mass is 504 g/mol. The second-order valence-corrected chi connectivity index (χ2v) is 10.6. The van der Waals surface area contributed by atoms with E-state index in [0.717, 1.165) is 6.07 Å². The van der Waals surface area contributed by atoms with Crippen molar-refractivity contribution in [2.45, 2.75) is 50.3 Å². The number of anilines is 1. The van der Waals surface area contributed by atoms with Gasteiger partial charge in [-0.3, -0.25) is 4.79 Å². The molecule has 0 aliphatic carbocycles. The number of piperazine rings is 1. The zero-order valence-electron chi connectivity index (χ0n) is 18.2. The Balaban J connectivity index is 1.88. The first kappa shape index (κ1) is 25.3. The molecule has 0 unspecified atom stereocenters. The highest BCUT2D eigenvalue weighted by Gasteiger charge is 2.39. The Morgan fingerprint density at radius 1 is 1.12 bits per heavy atom. The molecule has 0 bridgehead atoms. The van der Waals surface area contributed by atoms with Crippen molar-refractivity contribution in [1.82, 2.24) is 4.31 Å². The first-order valence-electron chi connectivity index (χ1n) is 10.2. The van der Waals surface area contributed by atoms with E-state index in [9.17, 15) is 26.4 Å². The molecule has 2 aromatic rings. The number of halogens is 4. The van der Waals surface area contributed by atoms with Crippen molar-refractivity contribution in [3.05, 3.63) is 58.1 Å². The van der Waals surface area contributed by atoms with E-state index >= 15 is 0 Å². The van der Waals surface area contributed by atoms with Crippen LogP contribution in [0.4, 0.5) is 18.9 Å². The SMILES string of the molecule is Cc1cc(CC(=O)O)cc(S(=O)(=O)N2[C@H](C)CN(c3ccc(C(F)(F)F)c(Cl)c3)C[C@@H]2C)c1. The minimum Gasteiger partial charge on any atom is -0.481 e. The Kier molecular flexibility index (Phi) is 7.02. The maximum Gasteiger partial charge on any atom is 0.417 e. The summed E-state index contributed by atoms with van der Waals surface area (Å²) in [5.41, 5.74) is 0.569. The summed E-state index contributed by atoms with van der Waals surface area (Å²) in [4.78, 5) is 12.9. The minimum absolute atomic E-state index is 0.0171. The molecule has 1 aliphatic heterocycles. The van der Waals surface area contributed by atoms with Gasteiger partial charge < -0.3 is 10.0 Å². The van der Waals surface area contributed by atoms with Gasteiger partial charge in [0.05, 0.1) is 21.9 Å². The van der Waals surface area contributed by atoms with Gasteiger partial charge in [0.25, 0.3) is 0 Å². The molecule has 11 heteroatoms. The van der Waals surface area contributed by atoms with Gasteiger partial charge in [0.1, 0.15) is 0 Å². The minimum atomic E-state index is -4.56. The zero-order chi connectivity index (χ0) is 24.7. The van der Waals surface area contributed by atoms with Crippen LogP contribution in [-0.2, 0) is 27.4 Å². The van der Waals surface area contributed by atoms with Gasteiger partial charge in [0.2, 0.25) is 10.0 Å². The molecule has 0 saturated carbocycles. The lowest BCUT2D eigenvalue weighted by Crippen LogP contribution is -2.58. The molecule has 1 saturated heterocycles. The van der Waals surface area contributed by atoms with Crippen LogP contribution in [0.2, 0.25) is 5.02 Å². The predicted molar refractivity (Wildman–Crippen MR) is 119 cm³/mol. The van der Waals surface area contributed by atoms with E-state index in [2.05, 4.69) is 0 Å². The number of carboxylic acid groups (broad SMARTS) is 1. The van der Waals surface area contributed by atoms with Gasteiger partial charge >= 0.3 is 12.1 Å². The Labute approximate surface area is 195 Å². The van der Waals surface area contributed by atoms with E-state index in [4.69, 9.17) is 16.7 Å². The Morgan fingerprint density at radius 3 is 2.24 bits per heavy atom. The van der Waals surface area contributed by atoms with Gasteiger partial charge in [-0.05, 0) is 62.2 Å². The number of benzene rings is 2. The number of rotatable bonds is 5. The van der Waals surface area contributed by atoms with Crippen molar-refractivity contribution in [1.29, 1.82) is 0 Å². The number of alkyl halides is 3. The van der Waals surface area contributed by atoms with E-state index in [-0.39, 0.29) is 24.4 Å². The normalized spacial score (nSPS) is 20.2. The summed E-state index contributed by atoms with van der Waals surface area (Å²) in [5.74, 6) is -1.06. The van der Waals surface area contributed by atoms with Crippen LogP contribution in [0.15, 0.2) is 41.3 Å². The summed E-state index contributed by atoms with van der Waals surface area (Å²) in [7, 11) is -3.94. The summed E-state index contributed by atoms with van der Waals surface area (Å²) >= 11 is 5.86. The number of carboxylic acids is 1. The zero-order valence-corrected chi connectivity index (χ0v) is 19.8. The molecule has 3 rings (SSSR count). The molecule has 1 aliphatic rings. The third kappa shape index (κ3) is 5.44. The van der Waals surface area contributed by atoms with Crippen molar-refractivity contribution in [3.63, 3.8) is 0 Å². The summed E-state index contributed by atoms with van der Waals surface area (Å²) in [6, 6.07) is 7.01. The molecule has 0 aromatic heterocycles. The number of nitrogens with zero attached hydrogens (tertiary/aromatic N) is 2. The molecule has 0 amide bonds. The molecule has 1 heterocycles. The lowest BCUT2D eigenvalue weighted by atomic mass is 10.1. The van der Waals surface area contributed by atoms with Gasteiger partial charge in [-0.15, -0.1) is 0 Å². The predicted octanol–water partition coefficient (Wildman–Crippen LogP) is 4.58. The number of sulfonamides is 1. The molecule has 180 valence electrons. The molecular weight excluding hydrogens is 481 g/mol. The largest absolute Gasteiger partial charge is 0.481 e. The van der Waals surface area contributed by atoms with Crippen LogP contribution in [0.1, 0.15) is 30.5 Å². The van der Waals surface area contributed by atoms with Crippen molar-refractivity contribution < 1.29 is 31.5 Å². The third-order valence-electron chi connectivity index (χ3n) is 5.50. The highest BCUT2D eigenvalue weighted by Crippen LogP contribution is 2.37. The third-order valence-corrected chi connectivity index (χ3v) is 7.92. The van der Waals surface area contributed by atoms with Gasteiger partial charge in [0.15, 0.2) is 0 Å². The van der Waals surface area contributed by atoms with Crippen LogP contribution in [0.25, 0.3) is 0 Å². The maximum atomic E-state index is 13.5. The lowest BCUT2D eigenvalue weighted by Gasteiger charge is -2.44. The Bertz CT molecular complexity index is 1160. The number of aryl methyl sites for hydroxylation is 1. The summed E-state index contributed by atoms with van der Waals surface area (Å²) in [5, 5.41) is 8.65. The average Bonchev–Trinajstić information content (AvgIpc) is 2.65. The molecule has 1 N–H and O–H groups in total. The number of aliphatic carboxylic acids is 1. The van der Waals surface area contributed by atoms with Crippen LogP contribution < -0.4 is 4.90 Å². The number of hydrogen-bond donors (Lipinski definition) is 1. The second-order valence-electron chi connectivity index (χ2n) is 8.32. The van der Waals surface area contributed by atoms with E-state index in [1.54, 1.807) is 31.7 Å². The van der Waals surface area contributed by atoms with E-state index < -0.39 is 44.8 Å². The number of carbonyl (C=O) groups is 1. The average molecular weight is 505 g/mol. The van der Waals surface area contributed by atoms with Crippen LogP contribution >= 0.6 is 11.6 Å². The Hall–Kier alpha value is -2.30. The lowest BCUT2D eigenvalue weighted by molar-refractivity contribution is -0.138. The van der Waals surface area contributed by atoms with E-state index in [1.165, 1.54) is 28.6 Å². The van der Waals surface area contributed by atoms with Crippen molar-refractivity contribution in [3.8, 4) is 0 Å². The van der Waals surface area contributed by atoms with Crippen molar-refractivity contribution >= 4 is 33.3 Å². The van der Waals surface area contributed by atoms with Gasteiger partial charge in [0, 0.05) is 30.9 Å². The number of hydrogen-bond acceptors (Lipinski definition) is 4. The van der Waals surface area contributed by atoms with Crippen LogP contribution in [0.3, 0.4) is 0 Å². The summed E-state index contributed by atoms with van der Waals surface area (Å²) in [6.07, 6.45) is -4.85. The van der Waals surface area contributed by atoms with Gasteiger partial charge in [-0.1, -0.05) is 17.7 Å². The fraction of sp³-hybridized carbons (Fsp3) is 0.409. The van der Waals surface area contributed by atoms with Crippen LogP contribution in [0, 0.1) is 6.92 Å². The highest BCUT2D eigenvalue weighted by atomic mass is 35.5. The molecule has 0 spiro atoms. The molecule has 2 atom stereocenters. The van der Waals surface area contributed by atoms with Crippen molar-refractivity contribution in [2.75, 3.05) is 18.0 Å². The highest BCUT2D eigenvalue weighted by molar-refractivity contribution is 7.89. The second kappa shape index (κ2) is 9.15. The van der Waals surface area contributed by atoms with Gasteiger partial charge in [-0.25, -0.2) is 8.42 Å². The molecule has 6 nitrogen and oxygen atoms in total. The standard InChI is InChI=1S/C22H24ClF3N2O4S/c1-13-6-16(9-21(29)30)8-18(7-13)33(31,32)28-14(2)11-27(12-15(28)3)17-4-5-19(20(23)10-17)22(24,25)26/h4-8,10,14-15H,9,11-12H2,1-3H3,(H,29,30)/t14-,15+. The van der Waals surface area contributed by atoms with Crippen LogP contribution in [-0.4, -0.2) is 49.0 Å². The first-order chi connectivity index (χ1) is 15.2. The Morgan fingerprint density at radius 2 is 1.73 bits per heavy atom. The molecule has 33 heavy (non-hydrogen) atoms. The summed E-state index contributed by atoms with van der Waals surface area (Å²) < 4.78 is 67.3. The fourth-order valence-corrected chi connectivity index (χ4v) is 6.54. The summed E-state index contributed by atoms with van der Waals surface area (Å²) in [6.45, 7) is 5.64. The fourth-order valence-electron chi connectivity index (χ4n) is 4.29. The quantitative estimate of drug-likeness (QED) is 0.645. The maximum absolute atomic E-state index is 13.5. The van der Waals surface area contributed by atoms with E-state index in [1.807, 2.05) is 0 Å². The molecule has 2 aromatic carbocycles. The topological polar surface area (TPSA) is 77.9 Å². The van der Waals surface area contributed by atoms with E-state index in [0.29, 0.717) is 16.8 Å². The molecular formula is C22H24ClF3N2O4S. The van der Waals surface area contributed by atoms with Crippen molar-refractivity contribution in [2.24, 2.45) is 0 Å². The molecule has 0 radical (unpaired) electrons.